The van der Waals surface area contributed by atoms with E-state index in [4.69, 9.17) is 0 Å². The molecule has 7 nitrogen and oxygen atoms in total. The molecule has 2 aromatic carbocycles. The number of hydrogen-bond donors (Lipinski definition) is 1. The summed E-state index contributed by atoms with van der Waals surface area (Å²) in [7, 11) is 0. The van der Waals surface area contributed by atoms with Gasteiger partial charge < -0.3 is 4.90 Å². The number of carbonyl (C=O) groups excluding carboxylic acids is 2. The van der Waals surface area contributed by atoms with E-state index in [9.17, 15) is 14.4 Å². The van der Waals surface area contributed by atoms with Crippen LogP contribution in [0.25, 0.3) is 17.0 Å². The van der Waals surface area contributed by atoms with Crippen LogP contribution in [-0.4, -0.2) is 26.4 Å². The van der Waals surface area contributed by atoms with Gasteiger partial charge in [0.2, 0.25) is 11.8 Å². The lowest BCUT2D eigenvalue weighted by atomic mass is 9.93. The van der Waals surface area contributed by atoms with Crippen molar-refractivity contribution in [1.82, 2.24) is 14.6 Å². The van der Waals surface area contributed by atoms with E-state index in [1.54, 1.807) is 30.5 Å². The first-order valence-corrected chi connectivity index (χ1v) is 8.87. The third-order valence-electron chi connectivity index (χ3n) is 4.76. The smallest absolute Gasteiger partial charge is 0.280 e. The summed E-state index contributed by atoms with van der Waals surface area (Å²) in [5.41, 5.74) is 4.64. The molecule has 7 heteroatoms. The van der Waals surface area contributed by atoms with Gasteiger partial charge in [-0.05, 0) is 29.3 Å². The zero-order valence-electron chi connectivity index (χ0n) is 15.2. The Morgan fingerprint density at radius 1 is 1.11 bits per heavy atom. The van der Waals surface area contributed by atoms with Gasteiger partial charge in [0, 0.05) is 13.1 Å². The molecule has 1 unspecified atom stereocenters. The minimum atomic E-state index is -0.442. The molecule has 3 aromatic rings. The van der Waals surface area contributed by atoms with Crippen molar-refractivity contribution in [2.45, 2.75) is 19.4 Å². The van der Waals surface area contributed by atoms with E-state index >= 15 is 0 Å². The van der Waals surface area contributed by atoms with Crippen molar-refractivity contribution < 1.29 is 9.59 Å². The summed E-state index contributed by atoms with van der Waals surface area (Å²) in [5, 5.41) is 0.418. The Labute approximate surface area is 160 Å². The van der Waals surface area contributed by atoms with Crippen LogP contribution < -0.4 is 11.0 Å². The van der Waals surface area contributed by atoms with Gasteiger partial charge in [0.05, 0.1) is 23.4 Å². The van der Waals surface area contributed by atoms with E-state index in [1.165, 1.54) is 18.2 Å². The van der Waals surface area contributed by atoms with E-state index < -0.39 is 6.04 Å². The van der Waals surface area contributed by atoms with Crippen LogP contribution in [0.1, 0.15) is 30.5 Å². The summed E-state index contributed by atoms with van der Waals surface area (Å²) in [6.07, 6.45) is 4.84. The molecule has 0 saturated heterocycles. The molecule has 0 saturated carbocycles. The van der Waals surface area contributed by atoms with Crippen LogP contribution in [0.3, 0.4) is 0 Å². The topological polar surface area (TPSA) is 84.3 Å². The number of para-hydroxylation sites is 1. The SMILES string of the molecule is CC(=O)N1C=Cc2ccccc2C1CC(=O)Nn1cnc2ccccc2c1=O. The van der Waals surface area contributed by atoms with E-state index in [2.05, 4.69) is 10.4 Å². The summed E-state index contributed by atoms with van der Waals surface area (Å²) in [4.78, 5) is 43.0. The molecule has 1 aliphatic heterocycles. The van der Waals surface area contributed by atoms with Gasteiger partial charge in [0.25, 0.3) is 5.56 Å². The highest BCUT2D eigenvalue weighted by molar-refractivity contribution is 5.87. The first-order valence-electron chi connectivity index (χ1n) is 8.87. The van der Waals surface area contributed by atoms with Crippen molar-refractivity contribution in [1.29, 1.82) is 0 Å². The molecule has 0 bridgehead atoms. The average molecular weight is 374 g/mol. The van der Waals surface area contributed by atoms with Crippen LogP contribution >= 0.6 is 0 Å². The number of rotatable bonds is 3. The fourth-order valence-electron chi connectivity index (χ4n) is 3.42. The summed E-state index contributed by atoms with van der Waals surface area (Å²) in [5.74, 6) is -0.548. The Bertz CT molecular complexity index is 1170. The Morgan fingerprint density at radius 2 is 1.86 bits per heavy atom. The molecule has 0 fully saturated rings. The number of fused-ring (bicyclic) bond motifs is 2. The summed E-state index contributed by atoms with van der Waals surface area (Å²) in [6.45, 7) is 1.46. The lowest BCUT2D eigenvalue weighted by Crippen LogP contribution is -2.37. The molecule has 1 aromatic heterocycles. The molecule has 0 radical (unpaired) electrons. The lowest BCUT2D eigenvalue weighted by Gasteiger charge is -2.32. The quantitative estimate of drug-likeness (QED) is 0.763. The van der Waals surface area contributed by atoms with Gasteiger partial charge in [-0.2, -0.15) is 0 Å². The number of amides is 2. The molecule has 1 aliphatic rings. The fraction of sp³-hybridized carbons (Fsp3) is 0.143. The Morgan fingerprint density at radius 3 is 2.68 bits per heavy atom. The Balaban J connectivity index is 1.61. The molecule has 28 heavy (non-hydrogen) atoms. The number of hydrogen-bond acceptors (Lipinski definition) is 4. The third-order valence-corrected chi connectivity index (χ3v) is 4.76. The highest BCUT2D eigenvalue weighted by Gasteiger charge is 2.28. The molecule has 2 heterocycles. The molecule has 2 amide bonds. The maximum Gasteiger partial charge on any atom is 0.280 e. The molecular formula is C21H18N4O3. The zero-order chi connectivity index (χ0) is 19.7. The number of benzene rings is 2. The van der Waals surface area contributed by atoms with Crippen molar-refractivity contribution in [3.8, 4) is 0 Å². The Kier molecular flexibility index (Phi) is 4.49. The molecule has 4 rings (SSSR count). The maximum atomic E-state index is 12.7. The minimum Gasteiger partial charge on any atom is -0.311 e. The van der Waals surface area contributed by atoms with E-state index in [-0.39, 0.29) is 23.8 Å². The normalized spacial score (nSPS) is 15.3. The van der Waals surface area contributed by atoms with Gasteiger partial charge in [-0.1, -0.05) is 36.4 Å². The number of nitrogens with zero attached hydrogens (tertiary/aromatic N) is 3. The summed E-state index contributed by atoms with van der Waals surface area (Å²) < 4.78 is 1.08. The van der Waals surface area contributed by atoms with E-state index in [0.29, 0.717) is 10.9 Å². The van der Waals surface area contributed by atoms with E-state index in [0.717, 1.165) is 15.8 Å². The first-order chi connectivity index (χ1) is 13.5. The monoisotopic (exact) mass is 374 g/mol. The third kappa shape index (κ3) is 3.18. The standard InChI is InChI=1S/C21H18N4O3/c1-14(26)24-11-10-15-6-2-3-7-16(15)19(24)12-20(27)23-25-13-22-18-9-5-4-8-17(18)21(25)28/h2-11,13,19H,12H2,1H3,(H,23,27). The van der Waals surface area contributed by atoms with Crippen LogP contribution in [0.15, 0.2) is 65.9 Å². The maximum absolute atomic E-state index is 12.7. The van der Waals surface area contributed by atoms with Gasteiger partial charge in [-0.25, -0.2) is 9.66 Å². The van der Waals surface area contributed by atoms with E-state index in [1.807, 2.05) is 30.3 Å². The summed E-state index contributed by atoms with van der Waals surface area (Å²) in [6, 6.07) is 14.1. The highest BCUT2D eigenvalue weighted by atomic mass is 16.2. The lowest BCUT2D eigenvalue weighted by molar-refractivity contribution is -0.129. The number of carbonyl (C=O) groups is 2. The van der Waals surface area contributed by atoms with Crippen molar-refractivity contribution in [3.63, 3.8) is 0 Å². The average Bonchev–Trinajstić information content (AvgIpc) is 2.70. The number of nitrogens with one attached hydrogen (secondary N) is 1. The molecule has 1 atom stereocenters. The second kappa shape index (κ2) is 7.11. The van der Waals surface area contributed by atoms with Crippen molar-refractivity contribution in [3.05, 3.63) is 82.5 Å². The highest BCUT2D eigenvalue weighted by Crippen LogP contribution is 2.32. The predicted molar refractivity (Wildman–Crippen MR) is 106 cm³/mol. The van der Waals surface area contributed by atoms with Gasteiger partial charge >= 0.3 is 0 Å². The minimum absolute atomic E-state index is 0.0141. The number of aromatic nitrogens is 2. The van der Waals surface area contributed by atoms with Gasteiger partial charge in [-0.15, -0.1) is 0 Å². The molecule has 140 valence electrons. The van der Waals surface area contributed by atoms with Crippen LogP contribution in [0.4, 0.5) is 0 Å². The van der Waals surface area contributed by atoms with Crippen LogP contribution in [-0.2, 0) is 9.59 Å². The molecule has 1 N–H and O–H groups in total. The second-order valence-electron chi connectivity index (χ2n) is 6.56. The van der Waals surface area contributed by atoms with Crippen LogP contribution in [0.5, 0.6) is 0 Å². The second-order valence-corrected chi connectivity index (χ2v) is 6.56. The van der Waals surface area contributed by atoms with Crippen LogP contribution in [0, 0.1) is 0 Å². The van der Waals surface area contributed by atoms with Crippen molar-refractivity contribution in [2.75, 3.05) is 5.43 Å². The molecule has 0 aliphatic carbocycles. The summed E-state index contributed by atoms with van der Waals surface area (Å²) >= 11 is 0. The van der Waals surface area contributed by atoms with Gasteiger partial charge in [-0.3, -0.25) is 19.8 Å². The van der Waals surface area contributed by atoms with Gasteiger partial charge in [0.15, 0.2) is 0 Å². The molecular weight excluding hydrogens is 356 g/mol. The fourth-order valence-corrected chi connectivity index (χ4v) is 3.42. The Hall–Kier alpha value is -3.74. The van der Waals surface area contributed by atoms with Crippen LogP contribution in [0.2, 0.25) is 0 Å². The van der Waals surface area contributed by atoms with Gasteiger partial charge in [0.1, 0.15) is 6.33 Å². The molecule has 0 spiro atoms. The largest absolute Gasteiger partial charge is 0.311 e. The predicted octanol–water partition coefficient (Wildman–Crippen LogP) is 2.43. The first kappa shape index (κ1) is 17.7. The van der Waals surface area contributed by atoms with Crippen molar-refractivity contribution in [2.24, 2.45) is 0 Å². The zero-order valence-corrected chi connectivity index (χ0v) is 15.2. The van der Waals surface area contributed by atoms with Crippen molar-refractivity contribution >= 4 is 28.8 Å².